The van der Waals surface area contributed by atoms with Crippen LogP contribution in [0.3, 0.4) is 0 Å². The van der Waals surface area contributed by atoms with E-state index in [0.29, 0.717) is 0 Å². The number of hydrogen-bond acceptors (Lipinski definition) is 2. The van der Waals surface area contributed by atoms with Crippen molar-refractivity contribution >= 4 is 5.71 Å². The molecular formula is C17H24N2. The predicted octanol–water partition coefficient (Wildman–Crippen LogP) is 4.25. The van der Waals surface area contributed by atoms with Gasteiger partial charge < -0.3 is 5.01 Å². The quantitative estimate of drug-likeness (QED) is 0.294. The normalized spacial score (nSPS) is 11.8. The van der Waals surface area contributed by atoms with Gasteiger partial charge in [-0.3, -0.25) is 0 Å². The van der Waals surface area contributed by atoms with Crippen molar-refractivity contribution in [3.63, 3.8) is 0 Å². The number of rotatable bonds is 8. The van der Waals surface area contributed by atoms with Crippen molar-refractivity contribution in [1.82, 2.24) is 5.01 Å². The fourth-order valence-corrected chi connectivity index (χ4v) is 1.78. The Hall–Kier alpha value is -1.83. The molecule has 0 fully saturated rings. The van der Waals surface area contributed by atoms with Crippen molar-refractivity contribution in [3.05, 3.63) is 60.7 Å². The zero-order chi connectivity index (χ0) is 13.9. The lowest BCUT2D eigenvalue weighted by atomic mass is 10.1. The van der Waals surface area contributed by atoms with Crippen LogP contribution in [0.25, 0.3) is 0 Å². The summed E-state index contributed by atoms with van der Waals surface area (Å²) in [6.45, 7) is 3.73. The second-order valence-corrected chi connectivity index (χ2v) is 4.66. The van der Waals surface area contributed by atoms with E-state index in [-0.39, 0.29) is 0 Å². The third kappa shape index (κ3) is 6.61. The standard InChI is InChI=1S/C17H24N2/c1-4-5-6-7-8-12-15-17(18-19(2)3)16-13-10-9-11-14-16/h4,8-14H,1,5-7,15H2,2-3H3. The Bertz CT molecular complexity index is 416. The molecule has 0 aliphatic rings. The number of hydrazone groups is 1. The summed E-state index contributed by atoms with van der Waals surface area (Å²) in [7, 11) is 3.91. The van der Waals surface area contributed by atoms with Gasteiger partial charge in [-0.1, -0.05) is 48.6 Å². The van der Waals surface area contributed by atoms with Gasteiger partial charge in [0.25, 0.3) is 0 Å². The van der Waals surface area contributed by atoms with Crippen LogP contribution >= 0.6 is 0 Å². The summed E-state index contributed by atoms with van der Waals surface area (Å²) in [5.41, 5.74) is 2.29. The monoisotopic (exact) mass is 256 g/mol. The molecule has 2 nitrogen and oxygen atoms in total. The zero-order valence-electron chi connectivity index (χ0n) is 12.0. The van der Waals surface area contributed by atoms with Gasteiger partial charge in [0, 0.05) is 20.5 Å². The van der Waals surface area contributed by atoms with E-state index in [1.165, 1.54) is 12.0 Å². The minimum Gasteiger partial charge on any atom is -0.303 e. The minimum absolute atomic E-state index is 0.871. The molecule has 0 N–H and O–H groups in total. The summed E-state index contributed by atoms with van der Waals surface area (Å²) in [5, 5.41) is 6.42. The highest BCUT2D eigenvalue weighted by Crippen LogP contribution is 2.07. The van der Waals surface area contributed by atoms with Crippen LogP contribution in [0.1, 0.15) is 31.2 Å². The molecule has 1 aromatic rings. The van der Waals surface area contributed by atoms with E-state index in [0.717, 1.165) is 25.0 Å². The lowest BCUT2D eigenvalue weighted by Crippen LogP contribution is -2.09. The Kier molecular flexibility index (Phi) is 7.33. The SMILES string of the molecule is C=CCCCC=CCC(=NN(C)C)c1ccccc1. The molecule has 1 aromatic carbocycles. The second kappa shape index (κ2) is 9.15. The highest BCUT2D eigenvalue weighted by molar-refractivity contribution is 6.01. The van der Waals surface area contributed by atoms with Gasteiger partial charge in [-0.25, -0.2) is 0 Å². The van der Waals surface area contributed by atoms with Crippen LogP contribution in [-0.4, -0.2) is 24.8 Å². The van der Waals surface area contributed by atoms with E-state index in [4.69, 9.17) is 0 Å². The first-order valence-electron chi connectivity index (χ1n) is 6.80. The largest absolute Gasteiger partial charge is 0.303 e. The van der Waals surface area contributed by atoms with E-state index in [1.807, 2.05) is 43.4 Å². The number of hydrogen-bond donors (Lipinski definition) is 0. The topological polar surface area (TPSA) is 15.6 Å². The van der Waals surface area contributed by atoms with Gasteiger partial charge in [-0.05, 0) is 24.8 Å². The smallest absolute Gasteiger partial charge is 0.0714 e. The molecule has 102 valence electrons. The van der Waals surface area contributed by atoms with E-state index < -0.39 is 0 Å². The van der Waals surface area contributed by atoms with Crippen molar-refractivity contribution in [2.45, 2.75) is 25.7 Å². The molecule has 0 spiro atoms. The molecule has 2 heteroatoms. The third-order valence-corrected chi connectivity index (χ3v) is 2.68. The molecule has 0 aliphatic carbocycles. The predicted molar refractivity (Wildman–Crippen MR) is 84.5 cm³/mol. The lowest BCUT2D eigenvalue weighted by Gasteiger charge is -2.09. The number of allylic oxidation sites excluding steroid dienone is 3. The van der Waals surface area contributed by atoms with Crippen molar-refractivity contribution in [3.8, 4) is 0 Å². The zero-order valence-corrected chi connectivity index (χ0v) is 12.0. The van der Waals surface area contributed by atoms with Gasteiger partial charge in [-0.2, -0.15) is 5.10 Å². The molecule has 0 saturated carbocycles. The summed E-state index contributed by atoms with van der Waals surface area (Å²) in [5.74, 6) is 0. The Morgan fingerprint density at radius 2 is 1.89 bits per heavy atom. The van der Waals surface area contributed by atoms with E-state index >= 15 is 0 Å². The molecule has 1 rings (SSSR count). The Morgan fingerprint density at radius 1 is 1.16 bits per heavy atom. The lowest BCUT2D eigenvalue weighted by molar-refractivity contribution is 0.437. The molecule has 0 unspecified atom stereocenters. The molecule has 0 aromatic heterocycles. The van der Waals surface area contributed by atoms with Crippen LogP contribution in [0.4, 0.5) is 0 Å². The van der Waals surface area contributed by atoms with Crippen LogP contribution in [-0.2, 0) is 0 Å². The van der Waals surface area contributed by atoms with Crippen LogP contribution < -0.4 is 0 Å². The van der Waals surface area contributed by atoms with Crippen molar-refractivity contribution in [2.75, 3.05) is 14.1 Å². The maximum absolute atomic E-state index is 4.56. The van der Waals surface area contributed by atoms with Crippen molar-refractivity contribution in [2.24, 2.45) is 5.10 Å². The molecule has 0 atom stereocenters. The van der Waals surface area contributed by atoms with Crippen molar-refractivity contribution < 1.29 is 0 Å². The van der Waals surface area contributed by atoms with Crippen LogP contribution in [0.2, 0.25) is 0 Å². The summed E-state index contributed by atoms with van der Waals surface area (Å²) >= 11 is 0. The van der Waals surface area contributed by atoms with Crippen LogP contribution in [0.5, 0.6) is 0 Å². The van der Waals surface area contributed by atoms with Crippen molar-refractivity contribution in [1.29, 1.82) is 0 Å². The highest BCUT2D eigenvalue weighted by Gasteiger charge is 2.01. The van der Waals surface area contributed by atoms with E-state index in [2.05, 4.69) is 36.0 Å². The molecular weight excluding hydrogens is 232 g/mol. The maximum Gasteiger partial charge on any atom is 0.0714 e. The van der Waals surface area contributed by atoms with Gasteiger partial charge in [0.05, 0.1) is 5.71 Å². The summed E-state index contributed by atoms with van der Waals surface area (Å²) in [6.07, 6.45) is 10.6. The average molecular weight is 256 g/mol. The fraction of sp³-hybridized carbons (Fsp3) is 0.353. The molecule has 0 heterocycles. The first-order valence-corrected chi connectivity index (χ1v) is 6.80. The summed E-state index contributed by atoms with van der Waals surface area (Å²) in [6, 6.07) is 10.3. The van der Waals surface area contributed by atoms with E-state index in [9.17, 15) is 0 Å². The maximum atomic E-state index is 4.56. The highest BCUT2D eigenvalue weighted by atomic mass is 15.4. The van der Waals surface area contributed by atoms with Crippen LogP contribution in [0.15, 0.2) is 60.2 Å². The number of nitrogens with zero attached hydrogens (tertiary/aromatic N) is 2. The van der Waals surface area contributed by atoms with Gasteiger partial charge >= 0.3 is 0 Å². The summed E-state index contributed by atoms with van der Waals surface area (Å²) in [4.78, 5) is 0. The van der Waals surface area contributed by atoms with Crippen LogP contribution in [0, 0.1) is 0 Å². The van der Waals surface area contributed by atoms with Gasteiger partial charge in [0.2, 0.25) is 0 Å². The molecule has 0 saturated heterocycles. The fourth-order valence-electron chi connectivity index (χ4n) is 1.78. The Morgan fingerprint density at radius 3 is 2.53 bits per heavy atom. The molecule has 0 amide bonds. The summed E-state index contributed by atoms with van der Waals surface area (Å²) < 4.78 is 0. The first kappa shape index (κ1) is 15.2. The Labute approximate surface area is 117 Å². The van der Waals surface area contributed by atoms with E-state index in [1.54, 1.807) is 0 Å². The Balaban J connectivity index is 2.60. The second-order valence-electron chi connectivity index (χ2n) is 4.66. The molecule has 0 bridgehead atoms. The first-order chi connectivity index (χ1) is 9.24. The molecule has 0 aliphatic heterocycles. The molecule has 19 heavy (non-hydrogen) atoms. The number of unbranched alkanes of at least 4 members (excludes halogenated alkanes) is 2. The van der Waals surface area contributed by atoms with Gasteiger partial charge in [-0.15, -0.1) is 6.58 Å². The number of benzene rings is 1. The average Bonchev–Trinajstić information content (AvgIpc) is 2.42. The molecule has 0 radical (unpaired) electrons. The van der Waals surface area contributed by atoms with Gasteiger partial charge in [0.1, 0.15) is 0 Å². The van der Waals surface area contributed by atoms with Gasteiger partial charge in [0.15, 0.2) is 0 Å². The third-order valence-electron chi connectivity index (χ3n) is 2.68. The minimum atomic E-state index is 0.871.